The molecule has 1 fully saturated rings. The molecule has 148 valence electrons. The van der Waals surface area contributed by atoms with Crippen LogP contribution in [-0.2, 0) is 4.79 Å². The van der Waals surface area contributed by atoms with Crippen molar-refractivity contribution in [1.29, 1.82) is 0 Å². The first-order chi connectivity index (χ1) is 13.4. The van der Waals surface area contributed by atoms with Gasteiger partial charge in [0.25, 0.3) is 11.7 Å². The number of amides is 2. The standard InChI is InChI=1S/C20H19ClF2N2O2S/c21-15-9-7-13(8-10-15)19(27)25-11-3-4-14(12-25)18(26)24-16-5-1-2-6-17(16)28-20(22)23/h1-2,5-10,14,20H,3-4,11-12H2,(H,24,26). The van der Waals surface area contributed by atoms with E-state index in [-0.39, 0.29) is 18.4 Å². The number of likely N-dealkylation sites (tertiary alicyclic amines) is 1. The maximum Gasteiger partial charge on any atom is 0.288 e. The van der Waals surface area contributed by atoms with Gasteiger partial charge in [-0.15, -0.1) is 0 Å². The summed E-state index contributed by atoms with van der Waals surface area (Å²) in [5.41, 5.74) is 0.878. The first kappa shape index (κ1) is 20.6. The Bertz CT molecular complexity index is 848. The second-order valence-electron chi connectivity index (χ2n) is 6.46. The topological polar surface area (TPSA) is 49.4 Å². The van der Waals surface area contributed by atoms with Gasteiger partial charge in [-0.2, -0.15) is 8.78 Å². The SMILES string of the molecule is O=C(Nc1ccccc1SC(F)F)C1CCCN(C(=O)c2ccc(Cl)cc2)C1. The Balaban J connectivity index is 1.66. The molecule has 1 saturated heterocycles. The zero-order valence-electron chi connectivity index (χ0n) is 14.9. The summed E-state index contributed by atoms with van der Waals surface area (Å²) in [5, 5.41) is 3.29. The third-order valence-electron chi connectivity index (χ3n) is 4.53. The molecule has 1 atom stereocenters. The number of anilines is 1. The van der Waals surface area contributed by atoms with Crippen molar-refractivity contribution in [2.75, 3.05) is 18.4 Å². The van der Waals surface area contributed by atoms with Gasteiger partial charge in [-0.3, -0.25) is 9.59 Å². The highest BCUT2D eigenvalue weighted by atomic mass is 35.5. The summed E-state index contributed by atoms with van der Waals surface area (Å²) < 4.78 is 25.4. The normalized spacial score (nSPS) is 16.9. The summed E-state index contributed by atoms with van der Waals surface area (Å²) in [6.07, 6.45) is 1.34. The zero-order valence-corrected chi connectivity index (χ0v) is 16.5. The Morgan fingerprint density at radius 3 is 2.57 bits per heavy atom. The van der Waals surface area contributed by atoms with Gasteiger partial charge in [-0.05, 0) is 49.2 Å². The van der Waals surface area contributed by atoms with Crippen LogP contribution in [-0.4, -0.2) is 35.6 Å². The molecule has 1 aliphatic rings. The van der Waals surface area contributed by atoms with Crippen LogP contribution in [0.25, 0.3) is 0 Å². The molecule has 0 spiro atoms. The second-order valence-corrected chi connectivity index (χ2v) is 7.93. The minimum atomic E-state index is -2.57. The van der Waals surface area contributed by atoms with Crippen LogP contribution in [0.1, 0.15) is 23.2 Å². The highest BCUT2D eigenvalue weighted by molar-refractivity contribution is 7.99. The largest absolute Gasteiger partial charge is 0.338 e. The van der Waals surface area contributed by atoms with E-state index >= 15 is 0 Å². The van der Waals surface area contributed by atoms with Crippen molar-refractivity contribution in [3.8, 4) is 0 Å². The lowest BCUT2D eigenvalue weighted by molar-refractivity contribution is -0.121. The summed E-state index contributed by atoms with van der Waals surface area (Å²) in [5.74, 6) is -3.38. The average Bonchev–Trinajstić information content (AvgIpc) is 2.69. The minimum absolute atomic E-state index is 0.150. The molecule has 3 rings (SSSR count). The third kappa shape index (κ3) is 5.23. The highest BCUT2D eigenvalue weighted by Crippen LogP contribution is 2.32. The number of halogens is 3. The molecule has 2 aromatic carbocycles. The van der Waals surface area contributed by atoms with Crippen molar-refractivity contribution < 1.29 is 18.4 Å². The van der Waals surface area contributed by atoms with E-state index in [2.05, 4.69) is 5.32 Å². The molecule has 1 aliphatic heterocycles. The molecule has 0 aromatic heterocycles. The van der Waals surface area contributed by atoms with Gasteiger partial charge >= 0.3 is 0 Å². The van der Waals surface area contributed by atoms with E-state index in [0.717, 1.165) is 0 Å². The number of para-hydroxylation sites is 1. The maximum absolute atomic E-state index is 12.7. The summed E-state index contributed by atoms with van der Waals surface area (Å²) in [6, 6.07) is 13.1. The third-order valence-corrected chi connectivity index (χ3v) is 5.57. The Morgan fingerprint density at radius 1 is 1.14 bits per heavy atom. The molecule has 8 heteroatoms. The van der Waals surface area contributed by atoms with Crippen LogP contribution in [0.3, 0.4) is 0 Å². The predicted octanol–water partition coefficient (Wildman–Crippen LogP) is 5.15. The Kier molecular flexibility index (Phi) is 6.91. The minimum Gasteiger partial charge on any atom is -0.338 e. The van der Waals surface area contributed by atoms with Crippen molar-refractivity contribution in [3.05, 3.63) is 59.1 Å². The first-order valence-electron chi connectivity index (χ1n) is 8.83. The van der Waals surface area contributed by atoms with Crippen molar-refractivity contribution >= 4 is 40.9 Å². The van der Waals surface area contributed by atoms with Gasteiger partial charge in [0.15, 0.2) is 0 Å². The van der Waals surface area contributed by atoms with Crippen LogP contribution in [0.4, 0.5) is 14.5 Å². The Morgan fingerprint density at radius 2 is 1.86 bits per heavy atom. The number of rotatable bonds is 5. The molecule has 0 bridgehead atoms. The molecule has 2 aromatic rings. The van der Waals surface area contributed by atoms with E-state index in [0.29, 0.717) is 52.3 Å². The first-order valence-corrected chi connectivity index (χ1v) is 10.1. The molecule has 1 N–H and O–H groups in total. The molecule has 4 nitrogen and oxygen atoms in total. The van der Waals surface area contributed by atoms with Crippen LogP contribution in [0.2, 0.25) is 5.02 Å². The zero-order chi connectivity index (χ0) is 20.1. The molecule has 0 radical (unpaired) electrons. The van der Waals surface area contributed by atoms with Gasteiger partial charge in [0, 0.05) is 28.6 Å². The van der Waals surface area contributed by atoms with Gasteiger partial charge in [0.2, 0.25) is 5.91 Å². The fraction of sp³-hybridized carbons (Fsp3) is 0.300. The lowest BCUT2D eigenvalue weighted by Gasteiger charge is -2.32. The molecule has 2 amide bonds. The lowest BCUT2D eigenvalue weighted by atomic mass is 9.96. The van der Waals surface area contributed by atoms with Gasteiger partial charge < -0.3 is 10.2 Å². The van der Waals surface area contributed by atoms with Crippen LogP contribution >= 0.6 is 23.4 Å². The molecule has 0 saturated carbocycles. The van der Waals surface area contributed by atoms with E-state index in [9.17, 15) is 18.4 Å². The predicted molar refractivity (Wildman–Crippen MR) is 107 cm³/mol. The molecule has 1 unspecified atom stereocenters. The number of alkyl halides is 2. The quantitative estimate of drug-likeness (QED) is 0.675. The number of nitrogens with zero attached hydrogens (tertiary/aromatic N) is 1. The highest BCUT2D eigenvalue weighted by Gasteiger charge is 2.29. The van der Waals surface area contributed by atoms with Gasteiger partial charge in [-0.1, -0.05) is 35.5 Å². The second kappa shape index (κ2) is 9.39. The van der Waals surface area contributed by atoms with Crippen molar-refractivity contribution in [3.63, 3.8) is 0 Å². The molecular formula is C20H19ClF2N2O2S. The van der Waals surface area contributed by atoms with E-state index < -0.39 is 11.7 Å². The van der Waals surface area contributed by atoms with Crippen molar-refractivity contribution in [2.24, 2.45) is 5.92 Å². The fourth-order valence-corrected chi connectivity index (χ4v) is 3.88. The maximum atomic E-state index is 12.7. The number of hydrogen-bond donors (Lipinski definition) is 1. The number of carbonyl (C=O) groups excluding carboxylic acids is 2. The fourth-order valence-electron chi connectivity index (χ4n) is 3.15. The summed E-state index contributed by atoms with van der Waals surface area (Å²) >= 11 is 6.26. The van der Waals surface area contributed by atoms with Crippen molar-refractivity contribution in [2.45, 2.75) is 23.5 Å². The lowest BCUT2D eigenvalue weighted by Crippen LogP contribution is -2.43. The van der Waals surface area contributed by atoms with Gasteiger partial charge in [0.1, 0.15) is 0 Å². The van der Waals surface area contributed by atoms with Crippen LogP contribution in [0.5, 0.6) is 0 Å². The van der Waals surface area contributed by atoms with Gasteiger partial charge in [0.05, 0.1) is 11.6 Å². The Labute approximate surface area is 171 Å². The smallest absolute Gasteiger partial charge is 0.288 e. The molecule has 0 aliphatic carbocycles. The summed E-state index contributed by atoms with van der Waals surface area (Å²) in [7, 11) is 0. The number of hydrogen-bond acceptors (Lipinski definition) is 3. The van der Waals surface area contributed by atoms with Crippen LogP contribution in [0, 0.1) is 5.92 Å². The number of piperidine rings is 1. The summed E-state index contributed by atoms with van der Waals surface area (Å²) in [6.45, 7) is 0.862. The number of nitrogens with one attached hydrogen (secondary N) is 1. The number of benzene rings is 2. The molecule has 28 heavy (non-hydrogen) atoms. The number of thioether (sulfide) groups is 1. The molecule has 1 heterocycles. The van der Waals surface area contributed by atoms with Crippen molar-refractivity contribution in [1.82, 2.24) is 4.90 Å². The molecular weight excluding hydrogens is 406 g/mol. The number of carbonyl (C=O) groups is 2. The monoisotopic (exact) mass is 424 g/mol. The Hall–Kier alpha value is -2.12. The van der Waals surface area contributed by atoms with Crippen LogP contribution in [0.15, 0.2) is 53.4 Å². The summed E-state index contributed by atoms with van der Waals surface area (Å²) in [4.78, 5) is 27.3. The van der Waals surface area contributed by atoms with Crippen LogP contribution < -0.4 is 5.32 Å². The van der Waals surface area contributed by atoms with E-state index in [4.69, 9.17) is 11.6 Å². The van der Waals surface area contributed by atoms with Gasteiger partial charge in [-0.25, -0.2) is 0 Å². The van der Waals surface area contributed by atoms with E-state index in [1.54, 1.807) is 53.4 Å². The average molecular weight is 425 g/mol. The van der Waals surface area contributed by atoms with E-state index in [1.165, 1.54) is 0 Å². The van der Waals surface area contributed by atoms with E-state index in [1.807, 2.05) is 0 Å².